The van der Waals surface area contributed by atoms with Gasteiger partial charge < -0.3 is 15.0 Å². The van der Waals surface area contributed by atoms with Gasteiger partial charge in [-0.2, -0.15) is 0 Å². The van der Waals surface area contributed by atoms with Gasteiger partial charge in [-0.15, -0.1) is 0 Å². The topological polar surface area (TPSA) is 96.0 Å². The first-order valence-electron chi connectivity index (χ1n) is 11.5. The van der Waals surface area contributed by atoms with Crippen molar-refractivity contribution >= 4 is 39.1 Å². The second-order valence-electron chi connectivity index (χ2n) is 8.19. The molecule has 0 aliphatic carbocycles. The van der Waals surface area contributed by atoms with Crippen LogP contribution < -0.4 is 14.4 Å². The molecule has 0 aliphatic rings. The second kappa shape index (κ2) is 13.3. The number of nitrogens with zero attached hydrogens (tertiary/aromatic N) is 2. The Labute approximate surface area is 213 Å². The van der Waals surface area contributed by atoms with Gasteiger partial charge in [0, 0.05) is 18.1 Å². The van der Waals surface area contributed by atoms with Crippen LogP contribution in [-0.4, -0.2) is 57.6 Å². The molecule has 192 valence electrons. The van der Waals surface area contributed by atoms with Gasteiger partial charge in [0.15, 0.2) is 0 Å². The van der Waals surface area contributed by atoms with Crippen molar-refractivity contribution in [3.63, 3.8) is 0 Å². The van der Waals surface area contributed by atoms with Crippen molar-refractivity contribution in [1.82, 2.24) is 10.2 Å². The van der Waals surface area contributed by atoms with Crippen molar-refractivity contribution in [2.45, 2.75) is 45.7 Å². The molecule has 0 spiro atoms. The molecule has 2 rings (SSSR count). The summed E-state index contributed by atoms with van der Waals surface area (Å²) in [5, 5.41) is 3.24. The first-order valence-corrected chi connectivity index (χ1v) is 13.8. The fourth-order valence-electron chi connectivity index (χ4n) is 3.64. The summed E-state index contributed by atoms with van der Waals surface area (Å²) in [5.74, 6) is -0.159. The van der Waals surface area contributed by atoms with E-state index in [-0.39, 0.29) is 18.1 Å². The fraction of sp³-hybridized carbons (Fsp3) is 0.440. The molecule has 0 heterocycles. The lowest BCUT2D eigenvalue weighted by Crippen LogP contribution is -2.52. The molecule has 8 nitrogen and oxygen atoms in total. The molecule has 0 bridgehead atoms. The third-order valence-corrected chi connectivity index (χ3v) is 6.85. The van der Waals surface area contributed by atoms with E-state index in [4.69, 9.17) is 16.3 Å². The van der Waals surface area contributed by atoms with Crippen LogP contribution in [0.15, 0.2) is 48.5 Å². The van der Waals surface area contributed by atoms with Crippen LogP contribution in [0.25, 0.3) is 0 Å². The lowest BCUT2D eigenvalue weighted by atomic mass is 10.1. The summed E-state index contributed by atoms with van der Waals surface area (Å²) in [6.07, 6.45) is 3.14. The number of sulfonamides is 1. The number of carbonyl (C=O) groups is 2. The van der Waals surface area contributed by atoms with E-state index in [0.717, 1.165) is 29.0 Å². The number of nitrogens with one attached hydrogen (secondary N) is 1. The Hall–Kier alpha value is -2.78. The Bertz CT molecular complexity index is 1110. The first-order chi connectivity index (χ1) is 16.6. The summed E-state index contributed by atoms with van der Waals surface area (Å²) in [6.45, 7) is 3.99. The molecule has 2 aromatic carbocycles. The highest BCUT2D eigenvalue weighted by Gasteiger charge is 2.31. The number of halogens is 1. The van der Waals surface area contributed by atoms with Gasteiger partial charge in [-0.25, -0.2) is 8.42 Å². The number of unbranched alkanes of at least 4 members (excludes halogenated alkanes) is 1. The Morgan fingerprint density at radius 3 is 2.43 bits per heavy atom. The number of carbonyl (C=O) groups excluding carboxylic acids is 2. The Balaban J connectivity index is 2.42. The summed E-state index contributed by atoms with van der Waals surface area (Å²) in [5.41, 5.74) is 1.03. The minimum absolute atomic E-state index is 0.114. The molecular weight excluding hydrogens is 490 g/mol. The molecule has 2 aromatic rings. The second-order valence-corrected chi connectivity index (χ2v) is 10.5. The third-order valence-electron chi connectivity index (χ3n) is 5.48. The maximum absolute atomic E-state index is 13.6. The number of ether oxygens (including phenoxy) is 1. The zero-order valence-electron chi connectivity index (χ0n) is 20.7. The van der Waals surface area contributed by atoms with Crippen LogP contribution in [0.3, 0.4) is 0 Å². The number of amides is 2. The molecule has 0 aromatic heterocycles. The standard InChI is InChI=1S/C25H34ClN3O5S/c1-5-7-14-27-25(31)23(6-2)28(17-19-10-8-13-22(15-19)34-3)24(30)18-29(35(4,32)33)21-12-9-11-20(26)16-21/h8-13,15-16,23H,5-7,14,17-18H2,1-4H3,(H,27,31)/t23-/m1/s1. The van der Waals surface area contributed by atoms with Crippen molar-refractivity contribution in [2.24, 2.45) is 0 Å². The van der Waals surface area contributed by atoms with Gasteiger partial charge in [0.05, 0.1) is 19.1 Å². The zero-order valence-corrected chi connectivity index (χ0v) is 22.2. The van der Waals surface area contributed by atoms with Gasteiger partial charge in [-0.1, -0.05) is 50.1 Å². The highest BCUT2D eigenvalue weighted by Crippen LogP contribution is 2.23. The van der Waals surface area contributed by atoms with E-state index in [0.29, 0.717) is 23.7 Å². The first kappa shape index (κ1) is 28.5. The molecule has 35 heavy (non-hydrogen) atoms. The van der Waals surface area contributed by atoms with E-state index in [2.05, 4.69) is 5.32 Å². The Morgan fingerprint density at radius 2 is 1.83 bits per heavy atom. The van der Waals surface area contributed by atoms with E-state index in [1.807, 2.05) is 19.9 Å². The van der Waals surface area contributed by atoms with Crippen LogP contribution in [0, 0.1) is 0 Å². The fourth-order valence-corrected chi connectivity index (χ4v) is 4.66. The molecule has 0 fully saturated rings. The monoisotopic (exact) mass is 523 g/mol. The van der Waals surface area contributed by atoms with Crippen LogP contribution in [0.5, 0.6) is 5.75 Å². The predicted octanol–water partition coefficient (Wildman–Crippen LogP) is 3.84. The molecule has 10 heteroatoms. The summed E-state index contributed by atoms with van der Waals surface area (Å²) >= 11 is 6.07. The molecule has 0 saturated carbocycles. The molecule has 0 radical (unpaired) electrons. The van der Waals surface area contributed by atoms with Crippen LogP contribution in [0.2, 0.25) is 5.02 Å². The zero-order chi connectivity index (χ0) is 26.0. The van der Waals surface area contributed by atoms with Crippen molar-refractivity contribution < 1.29 is 22.7 Å². The molecule has 2 amide bonds. The van der Waals surface area contributed by atoms with Gasteiger partial charge >= 0.3 is 0 Å². The van der Waals surface area contributed by atoms with Gasteiger partial charge in [0.25, 0.3) is 0 Å². The van der Waals surface area contributed by atoms with Crippen molar-refractivity contribution in [2.75, 3.05) is 30.8 Å². The van der Waals surface area contributed by atoms with E-state index < -0.39 is 28.5 Å². The van der Waals surface area contributed by atoms with E-state index in [1.54, 1.807) is 43.5 Å². The van der Waals surface area contributed by atoms with Crippen molar-refractivity contribution in [3.05, 3.63) is 59.1 Å². The van der Waals surface area contributed by atoms with Gasteiger partial charge in [-0.3, -0.25) is 13.9 Å². The van der Waals surface area contributed by atoms with Crippen molar-refractivity contribution in [3.8, 4) is 5.75 Å². The lowest BCUT2D eigenvalue weighted by molar-refractivity contribution is -0.140. The largest absolute Gasteiger partial charge is 0.497 e. The normalized spacial score (nSPS) is 12.0. The van der Waals surface area contributed by atoms with Gasteiger partial charge in [0.1, 0.15) is 18.3 Å². The number of benzene rings is 2. The third kappa shape index (κ3) is 8.43. The number of hydrogen-bond acceptors (Lipinski definition) is 5. The number of methoxy groups -OCH3 is 1. The Kier molecular flexibility index (Phi) is 10.9. The molecular formula is C25H34ClN3O5S. The summed E-state index contributed by atoms with van der Waals surface area (Å²) in [7, 11) is -2.26. The molecule has 1 N–H and O–H groups in total. The predicted molar refractivity (Wildman–Crippen MR) is 139 cm³/mol. The van der Waals surface area contributed by atoms with Crippen LogP contribution >= 0.6 is 11.6 Å². The van der Waals surface area contributed by atoms with Crippen molar-refractivity contribution in [1.29, 1.82) is 0 Å². The SMILES string of the molecule is CCCCNC(=O)[C@@H](CC)N(Cc1cccc(OC)c1)C(=O)CN(c1cccc(Cl)c1)S(C)(=O)=O. The van der Waals surface area contributed by atoms with Gasteiger partial charge in [-0.05, 0) is 48.7 Å². The van der Waals surface area contributed by atoms with Crippen LogP contribution in [-0.2, 0) is 26.2 Å². The summed E-state index contributed by atoms with van der Waals surface area (Å²) in [6, 6.07) is 12.7. The molecule has 0 saturated heterocycles. The number of rotatable bonds is 13. The summed E-state index contributed by atoms with van der Waals surface area (Å²) in [4.78, 5) is 28.1. The average Bonchev–Trinajstić information content (AvgIpc) is 2.81. The minimum atomic E-state index is -3.81. The molecule has 0 aliphatic heterocycles. The van der Waals surface area contributed by atoms with E-state index >= 15 is 0 Å². The minimum Gasteiger partial charge on any atom is -0.497 e. The number of hydrogen-bond donors (Lipinski definition) is 1. The highest BCUT2D eigenvalue weighted by molar-refractivity contribution is 7.92. The highest BCUT2D eigenvalue weighted by atomic mass is 35.5. The van der Waals surface area contributed by atoms with Crippen LogP contribution in [0.1, 0.15) is 38.7 Å². The van der Waals surface area contributed by atoms with Gasteiger partial charge in [0.2, 0.25) is 21.8 Å². The van der Waals surface area contributed by atoms with Crippen LogP contribution in [0.4, 0.5) is 5.69 Å². The smallest absolute Gasteiger partial charge is 0.244 e. The summed E-state index contributed by atoms with van der Waals surface area (Å²) < 4.78 is 31.5. The average molecular weight is 524 g/mol. The van der Waals surface area contributed by atoms with E-state index in [1.165, 1.54) is 11.0 Å². The number of anilines is 1. The lowest BCUT2D eigenvalue weighted by Gasteiger charge is -2.33. The maximum atomic E-state index is 13.6. The quantitative estimate of drug-likeness (QED) is 0.402. The maximum Gasteiger partial charge on any atom is 0.244 e. The molecule has 1 atom stereocenters. The van der Waals surface area contributed by atoms with E-state index in [9.17, 15) is 18.0 Å². The Morgan fingerprint density at radius 1 is 1.11 bits per heavy atom. The molecule has 0 unspecified atom stereocenters.